The third kappa shape index (κ3) is 5.71. The molecule has 150 valence electrons. The predicted molar refractivity (Wildman–Crippen MR) is 105 cm³/mol. The van der Waals surface area contributed by atoms with Crippen LogP contribution in [0.3, 0.4) is 0 Å². The number of hydrogen-bond acceptors (Lipinski definition) is 6. The maximum absolute atomic E-state index is 12.8. The fraction of sp³-hybridized carbons (Fsp3) is 0.333. The van der Waals surface area contributed by atoms with E-state index in [9.17, 15) is 9.59 Å². The fourth-order valence-electron chi connectivity index (χ4n) is 2.53. The van der Waals surface area contributed by atoms with Gasteiger partial charge in [0, 0.05) is 13.0 Å². The number of ketones is 1. The van der Waals surface area contributed by atoms with Crippen molar-refractivity contribution in [2.24, 2.45) is 5.92 Å². The van der Waals surface area contributed by atoms with Gasteiger partial charge in [-0.05, 0) is 17.7 Å². The third-order valence-corrected chi connectivity index (χ3v) is 4.39. The second kappa shape index (κ2) is 10.7. The van der Waals surface area contributed by atoms with Gasteiger partial charge in [0.1, 0.15) is 17.4 Å². The lowest BCUT2D eigenvalue weighted by Gasteiger charge is -2.17. The van der Waals surface area contributed by atoms with Crippen LogP contribution in [0, 0.1) is 5.92 Å². The van der Waals surface area contributed by atoms with Crippen LogP contribution in [-0.4, -0.2) is 32.8 Å². The summed E-state index contributed by atoms with van der Waals surface area (Å²) < 4.78 is 20.9. The first-order valence-corrected chi connectivity index (χ1v) is 9.07. The molecule has 0 spiro atoms. The van der Waals surface area contributed by atoms with Gasteiger partial charge >= 0.3 is 5.97 Å². The zero-order chi connectivity index (χ0) is 20.5. The molecule has 0 heterocycles. The van der Waals surface area contributed by atoms with Crippen molar-refractivity contribution in [3.8, 4) is 11.5 Å². The summed E-state index contributed by atoms with van der Waals surface area (Å²) in [6.07, 6.45) is -0.0388. The van der Waals surface area contributed by atoms with E-state index in [2.05, 4.69) is 4.74 Å². The summed E-state index contributed by atoms with van der Waals surface area (Å²) in [6.45, 7) is 1.87. The van der Waals surface area contributed by atoms with Gasteiger partial charge in [0.05, 0.1) is 19.1 Å². The van der Waals surface area contributed by atoms with E-state index in [0.717, 1.165) is 5.56 Å². The van der Waals surface area contributed by atoms with Crippen LogP contribution >= 0.6 is 11.6 Å². The first kappa shape index (κ1) is 21.7. The minimum absolute atomic E-state index is 0.0388. The fourth-order valence-corrected chi connectivity index (χ4v) is 2.80. The third-order valence-electron chi connectivity index (χ3n) is 4.03. The molecule has 0 aliphatic carbocycles. The minimum atomic E-state index is -0.593. The first-order chi connectivity index (χ1) is 13.5. The minimum Gasteiger partial charge on any atom is -0.487 e. The van der Waals surface area contributed by atoms with Crippen molar-refractivity contribution in [1.29, 1.82) is 0 Å². The molecule has 6 nitrogen and oxygen atoms in total. The number of carbonyl (C=O) groups is 2. The smallest absolute Gasteiger partial charge is 0.306 e. The highest BCUT2D eigenvalue weighted by molar-refractivity contribution is 6.34. The maximum atomic E-state index is 12.8. The van der Waals surface area contributed by atoms with Crippen molar-refractivity contribution in [3.63, 3.8) is 0 Å². The maximum Gasteiger partial charge on any atom is 0.306 e. The lowest BCUT2D eigenvalue weighted by Crippen LogP contribution is -2.18. The zero-order valence-corrected chi connectivity index (χ0v) is 16.8. The SMILES string of the molecule is COCOc1c(C(=O)C(C)CC(=O)OC)ccc(OCc2ccccc2)c1Cl. The van der Waals surface area contributed by atoms with Crippen molar-refractivity contribution in [1.82, 2.24) is 0 Å². The monoisotopic (exact) mass is 406 g/mol. The zero-order valence-electron chi connectivity index (χ0n) is 16.1. The normalized spacial score (nSPS) is 11.6. The molecule has 1 unspecified atom stereocenters. The molecule has 2 aromatic rings. The summed E-state index contributed by atoms with van der Waals surface area (Å²) in [7, 11) is 2.74. The number of esters is 1. The molecule has 0 bridgehead atoms. The van der Waals surface area contributed by atoms with Gasteiger partial charge in [-0.15, -0.1) is 0 Å². The summed E-state index contributed by atoms with van der Waals surface area (Å²) >= 11 is 6.45. The van der Waals surface area contributed by atoms with Crippen molar-refractivity contribution in [2.45, 2.75) is 20.0 Å². The van der Waals surface area contributed by atoms with Gasteiger partial charge in [0.15, 0.2) is 18.3 Å². The van der Waals surface area contributed by atoms with Crippen LogP contribution in [0.4, 0.5) is 0 Å². The Kier molecular flexibility index (Phi) is 8.29. The number of rotatable bonds is 10. The number of halogens is 1. The molecule has 0 amide bonds. The Morgan fingerprint density at radius 2 is 1.75 bits per heavy atom. The van der Waals surface area contributed by atoms with E-state index in [0.29, 0.717) is 12.4 Å². The molecule has 0 aliphatic rings. The molecule has 0 radical (unpaired) electrons. The van der Waals surface area contributed by atoms with Crippen LogP contribution in [0.25, 0.3) is 0 Å². The van der Waals surface area contributed by atoms with E-state index < -0.39 is 11.9 Å². The second-order valence-electron chi connectivity index (χ2n) is 6.13. The number of ether oxygens (including phenoxy) is 4. The Balaban J connectivity index is 2.26. The van der Waals surface area contributed by atoms with E-state index in [4.69, 9.17) is 25.8 Å². The van der Waals surface area contributed by atoms with E-state index in [1.807, 2.05) is 30.3 Å². The highest BCUT2D eigenvalue weighted by atomic mass is 35.5. The van der Waals surface area contributed by atoms with Gasteiger partial charge < -0.3 is 18.9 Å². The molecular weight excluding hydrogens is 384 g/mol. The van der Waals surface area contributed by atoms with E-state index in [1.54, 1.807) is 19.1 Å². The highest BCUT2D eigenvalue weighted by Gasteiger charge is 2.25. The topological polar surface area (TPSA) is 71.1 Å². The summed E-state index contributed by atoms with van der Waals surface area (Å²) in [5.41, 5.74) is 1.23. The van der Waals surface area contributed by atoms with Gasteiger partial charge in [-0.2, -0.15) is 0 Å². The Morgan fingerprint density at radius 3 is 2.39 bits per heavy atom. The van der Waals surface area contributed by atoms with Gasteiger partial charge in [-0.3, -0.25) is 9.59 Å². The summed E-state index contributed by atoms with van der Waals surface area (Å²) in [6, 6.07) is 12.8. The van der Waals surface area contributed by atoms with Crippen LogP contribution in [0.15, 0.2) is 42.5 Å². The molecule has 7 heteroatoms. The Hall–Kier alpha value is -2.57. The number of hydrogen-bond donors (Lipinski definition) is 0. The number of Topliss-reactive ketones (excluding diaryl/α,β-unsaturated/α-hetero) is 1. The van der Waals surface area contributed by atoms with E-state index in [1.165, 1.54) is 14.2 Å². The Morgan fingerprint density at radius 1 is 1.04 bits per heavy atom. The summed E-state index contributed by atoms with van der Waals surface area (Å²) in [5.74, 6) is -0.795. The van der Waals surface area contributed by atoms with Crippen LogP contribution in [-0.2, 0) is 20.9 Å². The lowest BCUT2D eigenvalue weighted by atomic mass is 9.95. The predicted octanol–water partition coefficient (Wildman–Crippen LogP) is 4.28. The molecule has 0 aromatic heterocycles. The average molecular weight is 407 g/mol. The Bertz CT molecular complexity index is 806. The van der Waals surface area contributed by atoms with Crippen molar-refractivity contribution >= 4 is 23.4 Å². The number of methoxy groups -OCH3 is 2. The number of benzene rings is 2. The Labute approximate surface area is 169 Å². The molecule has 0 aliphatic heterocycles. The second-order valence-corrected chi connectivity index (χ2v) is 6.50. The molecule has 2 aromatic carbocycles. The highest BCUT2D eigenvalue weighted by Crippen LogP contribution is 2.39. The molecule has 1 atom stereocenters. The lowest BCUT2D eigenvalue weighted by molar-refractivity contribution is -0.141. The van der Waals surface area contributed by atoms with Crippen molar-refractivity contribution in [3.05, 3.63) is 58.6 Å². The van der Waals surface area contributed by atoms with Crippen LogP contribution in [0.1, 0.15) is 29.3 Å². The molecular formula is C21H23ClO6. The quantitative estimate of drug-likeness (QED) is 0.333. The molecule has 0 fully saturated rings. The van der Waals surface area contributed by atoms with Crippen molar-refractivity contribution in [2.75, 3.05) is 21.0 Å². The van der Waals surface area contributed by atoms with Gasteiger partial charge in [0.2, 0.25) is 0 Å². The standard InChI is InChI=1S/C21H23ClO6/c1-14(11-18(23)26-3)20(24)16-9-10-17(19(22)21(16)28-13-25-2)27-12-15-7-5-4-6-8-15/h4-10,14H,11-13H2,1-3H3. The van der Waals surface area contributed by atoms with Crippen LogP contribution in [0.2, 0.25) is 5.02 Å². The van der Waals surface area contributed by atoms with Gasteiger partial charge in [0.25, 0.3) is 0 Å². The molecule has 2 rings (SSSR count). The largest absolute Gasteiger partial charge is 0.487 e. The van der Waals surface area contributed by atoms with E-state index in [-0.39, 0.29) is 35.3 Å². The number of carbonyl (C=O) groups excluding carboxylic acids is 2. The summed E-state index contributed by atoms with van der Waals surface area (Å²) in [5, 5.41) is 0.170. The molecule has 0 N–H and O–H groups in total. The van der Waals surface area contributed by atoms with Crippen molar-refractivity contribution < 1.29 is 28.5 Å². The molecule has 28 heavy (non-hydrogen) atoms. The van der Waals surface area contributed by atoms with Gasteiger partial charge in [-0.25, -0.2) is 0 Å². The van der Waals surface area contributed by atoms with Crippen LogP contribution in [0.5, 0.6) is 11.5 Å². The first-order valence-electron chi connectivity index (χ1n) is 8.69. The summed E-state index contributed by atoms with van der Waals surface area (Å²) in [4.78, 5) is 24.3. The van der Waals surface area contributed by atoms with E-state index >= 15 is 0 Å². The molecule has 0 saturated heterocycles. The van der Waals surface area contributed by atoms with Crippen LogP contribution < -0.4 is 9.47 Å². The van der Waals surface area contributed by atoms with Gasteiger partial charge in [-0.1, -0.05) is 48.9 Å². The molecule has 0 saturated carbocycles. The average Bonchev–Trinajstić information content (AvgIpc) is 2.71.